The van der Waals surface area contributed by atoms with Gasteiger partial charge in [-0.15, -0.1) is 0 Å². The van der Waals surface area contributed by atoms with Crippen molar-refractivity contribution in [2.45, 2.75) is 37.9 Å². The SMILES string of the molecule is CN(CCN1C(=O)CNC1c1ccccc1)C1CCCC1. The molecule has 1 aromatic carbocycles. The second kappa shape index (κ2) is 6.58. The number of amides is 1. The summed E-state index contributed by atoms with van der Waals surface area (Å²) >= 11 is 0. The average Bonchev–Trinajstić information content (AvgIpc) is 3.16. The Kier molecular flexibility index (Phi) is 4.56. The Morgan fingerprint density at radius 1 is 1.24 bits per heavy atom. The Balaban J connectivity index is 1.60. The Morgan fingerprint density at radius 3 is 2.67 bits per heavy atom. The highest BCUT2D eigenvalue weighted by molar-refractivity contribution is 5.80. The first-order valence-electron chi connectivity index (χ1n) is 8.04. The summed E-state index contributed by atoms with van der Waals surface area (Å²) in [6, 6.07) is 11.0. The van der Waals surface area contributed by atoms with Gasteiger partial charge in [0, 0.05) is 19.1 Å². The number of rotatable bonds is 5. The first-order chi connectivity index (χ1) is 10.3. The van der Waals surface area contributed by atoms with Crippen LogP contribution in [-0.2, 0) is 4.79 Å². The van der Waals surface area contributed by atoms with Crippen LogP contribution in [0.15, 0.2) is 30.3 Å². The van der Waals surface area contributed by atoms with Gasteiger partial charge in [0.25, 0.3) is 0 Å². The second-order valence-corrected chi connectivity index (χ2v) is 6.20. The Labute approximate surface area is 127 Å². The van der Waals surface area contributed by atoms with Crippen molar-refractivity contribution in [3.05, 3.63) is 35.9 Å². The van der Waals surface area contributed by atoms with Crippen LogP contribution in [0.25, 0.3) is 0 Å². The lowest BCUT2D eigenvalue weighted by Crippen LogP contribution is -2.39. The number of likely N-dealkylation sites (N-methyl/N-ethyl adjacent to an activating group) is 1. The van der Waals surface area contributed by atoms with Crippen LogP contribution in [-0.4, -0.2) is 48.4 Å². The molecule has 2 aliphatic rings. The molecule has 0 radical (unpaired) electrons. The number of hydrogen-bond donors (Lipinski definition) is 1. The maximum absolute atomic E-state index is 12.1. The zero-order chi connectivity index (χ0) is 14.7. The molecule has 4 heteroatoms. The van der Waals surface area contributed by atoms with Crippen molar-refractivity contribution in [1.82, 2.24) is 15.1 Å². The number of hydrogen-bond acceptors (Lipinski definition) is 3. The molecule has 1 saturated heterocycles. The van der Waals surface area contributed by atoms with Gasteiger partial charge in [0.2, 0.25) is 5.91 Å². The fourth-order valence-corrected chi connectivity index (χ4v) is 3.52. The molecule has 1 aromatic rings. The van der Waals surface area contributed by atoms with Gasteiger partial charge in [-0.1, -0.05) is 43.2 Å². The molecule has 21 heavy (non-hydrogen) atoms. The van der Waals surface area contributed by atoms with Gasteiger partial charge in [-0.05, 0) is 25.5 Å². The monoisotopic (exact) mass is 287 g/mol. The van der Waals surface area contributed by atoms with Gasteiger partial charge in [0.1, 0.15) is 6.17 Å². The summed E-state index contributed by atoms with van der Waals surface area (Å²) in [6.07, 6.45) is 5.36. The zero-order valence-electron chi connectivity index (χ0n) is 12.8. The average molecular weight is 287 g/mol. The van der Waals surface area contributed by atoms with Crippen molar-refractivity contribution in [1.29, 1.82) is 0 Å². The Bertz CT molecular complexity index is 470. The van der Waals surface area contributed by atoms with Crippen molar-refractivity contribution in [2.24, 2.45) is 0 Å². The van der Waals surface area contributed by atoms with E-state index in [-0.39, 0.29) is 12.1 Å². The molecule has 0 bridgehead atoms. The van der Waals surface area contributed by atoms with Crippen LogP contribution in [0.1, 0.15) is 37.4 Å². The summed E-state index contributed by atoms with van der Waals surface area (Å²) in [5, 5.41) is 3.32. The molecule has 114 valence electrons. The van der Waals surface area contributed by atoms with Crippen LogP contribution in [0.2, 0.25) is 0 Å². The normalized spacial score (nSPS) is 23.4. The second-order valence-electron chi connectivity index (χ2n) is 6.20. The van der Waals surface area contributed by atoms with E-state index in [0.717, 1.165) is 13.1 Å². The van der Waals surface area contributed by atoms with Gasteiger partial charge in [0.15, 0.2) is 0 Å². The lowest BCUT2D eigenvalue weighted by Gasteiger charge is -2.29. The van der Waals surface area contributed by atoms with Crippen molar-refractivity contribution in [3.8, 4) is 0 Å². The van der Waals surface area contributed by atoms with E-state index in [4.69, 9.17) is 0 Å². The van der Waals surface area contributed by atoms with Gasteiger partial charge in [-0.2, -0.15) is 0 Å². The molecule has 1 saturated carbocycles. The predicted molar refractivity (Wildman–Crippen MR) is 83.8 cm³/mol. The van der Waals surface area contributed by atoms with E-state index >= 15 is 0 Å². The van der Waals surface area contributed by atoms with Crippen molar-refractivity contribution < 1.29 is 4.79 Å². The van der Waals surface area contributed by atoms with E-state index in [9.17, 15) is 4.79 Å². The maximum atomic E-state index is 12.1. The summed E-state index contributed by atoms with van der Waals surface area (Å²) in [6.45, 7) is 2.21. The predicted octanol–water partition coefficient (Wildman–Crippen LogP) is 1.99. The molecule has 1 unspecified atom stereocenters. The molecule has 4 nitrogen and oxygen atoms in total. The van der Waals surface area contributed by atoms with Crippen LogP contribution < -0.4 is 5.32 Å². The molecule has 1 atom stereocenters. The Hall–Kier alpha value is -1.39. The molecule has 0 aromatic heterocycles. The molecule has 1 aliphatic carbocycles. The molecule has 1 aliphatic heterocycles. The van der Waals surface area contributed by atoms with Crippen molar-refractivity contribution in [2.75, 3.05) is 26.7 Å². The summed E-state index contributed by atoms with van der Waals surface area (Å²) in [5.41, 5.74) is 1.17. The summed E-state index contributed by atoms with van der Waals surface area (Å²) < 4.78 is 0. The van der Waals surface area contributed by atoms with Crippen molar-refractivity contribution >= 4 is 5.91 Å². The van der Waals surface area contributed by atoms with Crippen LogP contribution in [0.4, 0.5) is 0 Å². The van der Waals surface area contributed by atoms with E-state index in [0.29, 0.717) is 12.6 Å². The minimum atomic E-state index is 0.0377. The highest BCUT2D eigenvalue weighted by Gasteiger charge is 2.31. The molecule has 1 amide bonds. The summed E-state index contributed by atoms with van der Waals surface area (Å²) in [4.78, 5) is 16.6. The molecular formula is C17H25N3O. The topological polar surface area (TPSA) is 35.6 Å². The molecule has 2 fully saturated rings. The third kappa shape index (κ3) is 3.27. The van der Waals surface area contributed by atoms with Crippen LogP contribution >= 0.6 is 0 Å². The molecule has 1 heterocycles. The van der Waals surface area contributed by atoms with E-state index in [1.54, 1.807) is 0 Å². The number of benzene rings is 1. The minimum absolute atomic E-state index is 0.0377. The first kappa shape index (κ1) is 14.5. The van der Waals surface area contributed by atoms with Gasteiger partial charge in [-0.25, -0.2) is 0 Å². The fraction of sp³-hybridized carbons (Fsp3) is 0.588. The highest BCUT2D eigenvalue weighted by atomic mass is 16.2. The van der Waals surface area contributed by atoms with Crippen LogP contribution in [0.5, 0.6) is 0 Å². The third-order valence-corrected chi connectivity index (χ3v) is 4.84. The number of carbonyl (C=O) groups is 1. The Morgan fingerprint density at radius 2 is 1.95 bits per heavy atom. The lowest BCUT2D eigenvalue weighted by molar-refractivity contribution is -0.128. The summed E-state index contributed by atoms with van der Waals surface area (Å²) in [5.74, 6) is 0.212. The summed E-state index contributed by atoms with van der Waals surface area (Å²) in [7, 11) is 2.20. The van der Waals surface area contributed by atoms with E-state index in [1.165, 1.54) is 31.2 Å². The zero-order valence-corrected chi connectivity index (χ0v) is 12.8. The maximum Gasteiger partial charge on any atom is 0.238 e. The first-order valence-corrected chi connectivity index (χ1v) is 8.04. The third-order valence-electron chi connectivity index (χ3n) is 4.84. The fourth-order valence-electron chi connectivity index (χ4n) is 3.52. The molecular weight excluding hydrogens is 262 g/mol. The largest absolute Gasteiger partial charge is 0.321 e. The van der Waals surface area contributed by atoms with E-state index < -0.39 is 0 Å². The van der Waals surface area contributed by atoms with Crippen molar-refractivity contribution in [3.63, 3.8) is 0 Å². The van der Waals surface area contributed by atoms with Crippen LogP contribution in [0.3, 0.4) is 0 Å². The smallest absolute Gasteiger partial charge is 0.238 e. The number of nitrogens with one attached hydrogen (secondary N) is 1. The van der Waals surface area contributed by atoms with Gasteiger partial charge in [0.05, 0.1) is 6.54 Å². The van der Waals surface area contributed by atoms with Crippen LogP contribution in [0, 0.1) is 0 Å². The standard InChI is InChI=1S/C17H25N3O/c1-19(15-9-5-6-10-15)11-12-20-16(21)13-18-17(20)14-7-3-2-4-8-14/h2-4,7-8,15,17-18H,5-6,9-13H2,1H3. The number of nitrogens with zero attached hydrogens (tertiary/aromatic N) is 2. The lowest BCUT2D eigenvalue weighted by atomic mass is 10.1. The molecule has 0 spiro atoms. The molecule has 1 N–H and O–H groups in total. The van der Waals surface area contributed by atoms with E-state index in [2.05, 4.69) is 29.4 Å². The number of carbonyl (C=O) groups excluding carboxylic acids is 1. The molecule has 3 rings (SSSR count). The highest BCUT2D eigenvalue weighted by Crippen LogP contribution is 2.24. The van der Waals surface area contributed by atoms with E-state index in [1.807, 2.05) is 23.1 Å². The van der Waals surface area contributed by atoms with Gasteiger partial charge < -0.3 is 9.80 Å². The van der Waals surface area contributed by atoms with Gasteiger partial charge in [-0.3, -0.25) is 10.1 Å². The minimum Gasteiger partial charge on any atom is -0.321 e. The van der Waals surface area contributed by atoms with Gasteiger partial charge >= 0.3 is 0 Å². The quantitative estimate of drug-likeness (QED) is 0.899.